The molecule has 0 amide bonds. The Labute approximate surface area is 118 Å². The van der Waals surface area contributed by atoms with Crippen LogP contribution in [0.15, 0.2) is 18.2 Å². The first-order valence-electron chi connectivity index (χ1n) is 6.14. The average Bonchev–Trinajstić information content (AvgIpc) is 2.36. The van der Waals surface area contributed by atoms with Crippen LogP contribution >= 0.6 is 0 Å². The fourth-order valence-corrected chi connectivity index (χ4v) is 2.29. The average molecular weight is 300 g/mol. The van der Waals surface area contributed by atoms with Crippen LogP contribution in [0.5, 0.6) is 5.75 Å². The quantitative estimate of drug-likeness (QED) is 0.830. The topological polar surface area (TPSA) is 93.2 Å². The maximum Gasteiger partial charge on any atom is 0.209 e. The van der Waals surface area contributed by atoms with Crippen LogP contribution in [-0.2, 0) is 10.0 Å². The number of nitriles is 1. The van der Waals surface area contributed by atoms with Crippen molar-refractivity contribution >= 4 is 10.0 Å². The van der Waals surface area contributed by atoms with E-state index in [1.54, 1.807) is 6.07 Å². The lowest BCUT2D eigenvalue weighted by Gasteiger charge is -2.11. The van der Waals surface area contributed by atoms with E-state index in [1.807, 2.05) is 6.92 Å². The molecule has 0 bridgehead atoms. The molecule has 0 heterocycles. The van der Waals surface area contributed by atoms with Gasteiger partial charge in [0.2, 0.25) is 10.0 Å². The summed E-state index contributed by atoms with van der Waals surface area (Å²) in [7, 11) is -3.43. The monoisotopic (exact) mass is 300 g/mol. The summed E-state index contributed by atoms with van der Waals surface area (Å²) in [5.74, 6) is -0.191. The molecule has 20 heavy (non-hydrogen) atoms. The molecule has 0 fully saturated rings. The molecule has 0 aliphatic heterocycles. The molecule has 1 atom stereocenters. The Kier molecular flexibility index (Phi) is 5.92. The summed E-state index contributed by atoms with van der Waals surface area (Å²) in [6, 6.07) is 5.77. The minimum Gasteiger partial charge on any atom is -0.493 e. The van der Waals surface area contributed by atoms with Crippen LogP contribution in [0.1, 0.15) is 25.3 Å². The number of nitrogens with zero attached hydrogens (tertiary/aromatic N) is 1. The molecule has 0 saturated carbocycles. The van der Waals surface area contributed by atoms with Crippen LogP contribution in [-0.4, -0.2) is 20.8 Å². The van der Waals surface area contributed by atoms with Crippen molar-refractivity contribution < 1.29 is 17.5 Å². The Hall–Kier alpha value is -1.65. The van der Waals surface area contributed by atoms with E-state index in [0.717, 1.165) is 6.07 Å². The number of sulfonamides is 1. The van der Waals surface area contributed by atoms with Gasteiger partial charge in [0, 0.05) is 6.07 Å². The summed E-state index contributed by atoms with van der Waals surface area (Å²) in [6.07, 6.45) is 1.10. The molecular weight excluding hydrogens is 283 g/mol. The minimum atomic E-state index is -3.43. The summed E-state index contributed by atoms with van der Waals surface area (Å²) in [6.45, 7) is 2.24. The third-order valence-electron chi connectivity index (χ3n) is 2.84. The van der Waals surface area contributed by atoms with Gasteiger partial charge in [-0.05, 0) is 30.9 Å². The number of hydrogen-bond donors (Lipinski definition) is 1. The second-order valence-corrected chi connectivity index (χ2v) is 6.39. The van der Waals surface area contributed by atoms with Crippen molar-refractivity contribution in [2.75, 3.05) is 12.4 Å². The second-order valence-electron chi connectivity index (χ2n) is 4.65. The Morgan fingerprint density at radius 3 is 2.70 bits per heavy atom. The molecule has 5 nitrogen and oxygen atoms in total. The predicted molar refractivity (Wildman–Crippen MR) is 73.0 cm³/mol. The molecule has 0 aliphatic carbocycles. The minimum absolute atomic E-state index is 0.0288. The first-order valence-corrected chi connectivity index (χ1v) is 7.86. The van der Waals surface area contributed by atoms with Crippen LogP contribution in [0.25, 0.3) is 0 Å². The third-order valence-corrected chi connectivity index (χ3v) is 3.64. The highest BCUT2D eigenvalue weighted by Gasteiger charge is 2.09. The van der Waals surface area contributed by atoms with Gasteiger partial charge in [0.05, 0.1) is 17.9 Å². The molecule has 1 unspecified atom stereocenters. The second kappa shape index (κ2) is 7.22. The number of primary sulfonamides is 1. The molecule has 0 spiro atoms. The van der Waals surface area contributed by atoms with E-state index < -0.39 is 15.8 Å². The van der Waals surface area contributed by atoms with Crippen LogP contribution in [0.2, 0.25) is 0 Å². The third kappa shape index (κ3) is 5.99. The maximum absolute atomic E-state index is 13.3. The van der Waals surface area contributed by atoms with Gasteiger partial charge in [-0.1, -0.05) is 6.92 Å². The number of nitrogens with two attached hydrogens (primary N) is 1. The summed E-state index contributed by atoms with van der Waals surface area (Å²) in [5.41, 5.74) is -0.0288. The van der Waals surface area contributed by atoms with Gasteiger partial charge in [-0.25, -0.2) is 17.9 Å². The SMILES string of the molecule is CC(CCOc1ccc(C#N)c(F)c1)CCS(N)(=O)=O. The first kappa shape index (κ1) is 16.4. The van der Waals surface area contributed by atoms with Crippen LogP contribution < -0.4 is 9.88 Å². The fourth-order valence-electron chi connectivity index (χ4n) is 1.56. The molecule has 0 aromatic heterocycles. The predicted octanol–water partition coefficient (Wildman–Crippen LogP) is 1.78. The lowest BCUT2D eigenvalue weighted by Crippen LogP contribution is -2.18. The van der Waals surface area contributed by atoms with Crippen molar-refractivity contribution in [2.24, 2.45) is 11.1 Å². The van der Waals surface area contributed by atoms with E-state index in [1.165, 1.54) is 12.1 Å². The summed E-state index contributed by atoms with van der Waals surface area (Å²) in [4.78, 5) is 0. The number of hydrogen-bond acceptors (Lipinski definition) is 4. The molecule has 7 heteroatoms. The highest BCUT2D eigenvalue weighted by molar-refractivity contribution is 7.89. The van der Waals surface area contributed by atoms with E-state index >= 15 is 0 Å². The summed E-state index contributed by atoms with van der Waals surface area (Å²) in [5, 5.41) is 13.5. The van der Waals surface area contributed by atoms with Crippen molar-refractivity contribution in [3.8, 4) is 11.8 Å². The van der Waals surface area contributed by atoms with E-state index in [-0.39, 0.29) is 17.2 Å². The van der Waals surface area contributed by atoms with Crippen LogP contribution in [0, 0.1) is 23.1 Å². The fraction of sp³-hybridized carbons (Fsp3) is 0.462. The number of ether oxygens (including phenoxy) is 1. The molecular formula is C13H17FN2O3S. The van der Waals surface area contributed by atoms with Crippen molar-refractivity contribution in [3.63, 3.8) is 0 Å². The number of benzene rings is 1. The molecule has 0 aliphatic rings. The molecule has 110 valence electrons. The van der Waals surface area contributed by atoms with E-state index in [0.29, 0.717) is 25.2 Å². The highest BCUT2D eigenvalue weighted by Crippen LogP contribution is 2.17. The smallest absolute Gasteiger partial charge is 0.209 e. The lowest BCUT2D eigenvalue weighted by atomic mass is 10.1. The van der Waals surface area contributed by atoms with Gasteiger partial charge in [-0.15, -0.1) is 0 Å². The molecule has 1 rings (SSSR count). The normalized spacial score (nSPS) is 12.7. The summed E-state index contributed by atoms with van der Waals surface area (Å²) < 4.78 is 40.3. The molecule has 1 aromatic carbocycles. The van der Waals surface area contributed by atoms with Gasteiger partial charge in [0.15, 0.2) is 0 Å². The Morgan fingerprint density at radius 1 is 1.45 bits per heavy atom. The zero-order valence-electron chi connectivity index (χ0n) is 11.2. The van der Waals surface area contributed by atoms with E-state index in [4.69, 9.17) is 15.1 Å². The summed E-state index contributed by atoms with van der Waals surface area (Å²) >= 11 is 0. The van der Waals surface area contributed by atoms with Crippen LogP contribution in [0.3, 0.4) is 0 Å². The first-order chi connectivity index (χ1) is 9.31. The van der Waals surface area contributed by atoms with Crippen molar-refractivity contribution in [1.82, 2.24) is 0 Å². The van der Waals surface area contributed by atoms with E-state index in [9.17, 15) is 12.8 Å². The van der Waals surface area contributed by atoms with Gasteiger partial charge in [-0.2, -0.15) is 5.26 Å². The van der Waals surface area contributed by atoms with E-state index in [2.05, 4.69) is 0 Å². The van der Waals surface area contributed by atoms with Gasteiger partial charge in [0.1, 0.15) is 17.6 Å². The van der Waals surface area contributed by atoms with Crippen molar-refractivity contribution in [3.05, 3.63) is 29.6 Å². The zero-order valence-corrected chi connectivity index (χ0v) is 12.0. The Bertz CT molecular complexity index is 596. The molecule has 2 N–H and O–H groups in total. The maximum atomic E-state index is 13.3. The van der Waals surface area contributed by atoms with Crippen molar-refractivity contribution in [1.29, 1.82) is 5.26 Å². The van der Waals surface area contributed by atoms with Gasteiger partial charge >= 0.3 is 0 Å². The van der Waals surface area contributed by atoms with Gasteiger partial charge in [-0.3, -0.25) is 0 Å². The standard InChI is InChI=1S/C13H17FN2O3S/c1-10(5-7-20(16,17)18)4-6-19-12-3-2-11(9-15)13(14)8-12/h2-3,8,10H,4-7H2,1H3,(H2,16,17,18). The molecule has 0 saturated heterocycles. The van der Waals surface area contributed by atoms with Crippen LogP contribution in [0.4, 0.5) is 4.39 Å². The Morgan fingerprint density at radius 2 is 2.15 bits per heavy atom. The largest absolute Gasteiger partial charge is 0.493 e. The lowest BCUT2D eigenvalue weighted by molar-refractivity contribution is 0.280. The molecule has 0 radical (unpaired) electrons. The van der Waals surface area contributed by atoms with Crippen molar-refractivity contribution in [2.45, 2.75) is 19.8 Å². The highest BCUT2D eigenvalue weighted by atomic mass is 32.2. The molecule has 1 aromatic rings. The number of halogens is 1. The number of rotatable bonds is 7. The Balaban J connectivity index is 2.37. The van der Waals surface area contributed by atoms with Gasteiger partial charge in [0.25, 0.3) is 0 Å². The van der Waals surface area contributed by atoms with Gasteiger partial charge < -0.3 is 4.74 Å². The zero-order chi connectivity index (χ0) is 15.2.